The molecule has 0 spiro atoms. The molecular formula is C21H22N6O3S2. The first-order chi connectivity index (χ1) is 15.4. The van der Waals surface area contributed by atoms with Gasteiger partial charge in [0.05, 0.1) is 22.1 Å². The summed E-state index contributed by atoms with van der Waals surface area (Å²) in [6, 6.07) is 13.6. The second kappa shape index (κ2) is 9.65. The van der Waals surface area contributed by atoms with Gasteiger partial charge in [-0.05, 0) is 36.8 Å². The molecule has 0 bridgehead atoms. The van der Waals surface area contributed by atoms with Gasteiger partial charge in [-0.2, -0.15) is 0 Å². The summed E-state index contributed by atoms with van der Waals surface area (Å²) in [4.78, 5) is 41.5. The lowest BCUT2D eigenvalue weighted by atomic mass is 10.1. The van der Waals surface area contributed by atoms with Gasteiger partial charge in [-0.15, -0.1) is 11.8 Å². The molecule has 9 nitrogen and oxygen atoms in total. The van der Waals surface area contributed by atoms with E-state index in [4.69, 9.17) is 5.73 Å². The molecule has 11 heteroatoms. The quantitative estimate of drug-likeness (QED) is 0.367. The maximum absolute atomic E-state index is 12.5. The average molecular weight is 471 g/mol. The van der Waals surface area contributed by atoms with Gasteiger partial charge in [0.25, 0.3) is 5.91 Å². The van der Waals surface area contributed by atoms with Crippen molar-refractivity contribution in [2.24, 2.45) is 5.73 Å². The minimum atomic E-state index is -0.931. The number of anilines is 1. The van der Waals surface area contributed by atoms with Crippen molar-refractivity contribution in [2.75, 3.05) is 11.1 Å². The van der Waals surface area contributed by atoms with Crippen molar-refractivity contribution >= 4 is 56.2 Å². The maximum atomic E-state index is 12.5. The molecule has 4 rings (SSSR count). The van der Waals surface area contributed by atoms with Crippen molar-refractivity contribution in [2.45, 2.75) is 24.6 Å². The minimum Gasteiger partial charge on any atom is -0.338 e. The van der Waals surface area contributed by atoms with Crippen LogP contribution in [0, 0.1) is 6.92 Å². The highest BCUT2D eigenvalue weighted by Gasteiger charge is 2.35. The number of nitrogens with zero attached hydrogens (tertiary/aromatic N) is 1. The lowest BCUT2D eigenvalue weighted by molar-refractivity contribution is -0.125. The molecule has 1 aliphatic heterocycles. The number of rotatable bonds is 6. The van der Waals surface area contributed by atoms with E-state index in [1.54, 1.807) is 30.3 Å². The van der Waals surface area contributed by atoms with Crippen molar-refractivity contribution in [3.8, 4) is 0 Å². The molecule has 3 amide bonds. The predicted octanol–water partition coefficient (Wildman–Crippen LogP) is 1.36. The average Bonchev–Trinajstić information content (AvgIpc) is 3.16. The fourth-order valence-corrected chi connectivity index (χ4v) is 4.98. The highest BCUT2D eigenvalue weighted by Crippen LogP contribution is 2.26. The third kappa shape index (κ3) is 5.25. The molecule has 0 aliphatic carbocycles. The van der Waals surface area contributed by atoms with E-state index < -0.39 is 23.6 Å². The summed E-state index contributed by atoms with van der Waals surface area (Å²) in [6.07, 6.45) is -0.801. The van der Waals surface area contributed by atoms with E-state index in [2.05, 4.69) is 26.3 Å². The number of thiazole rings is 1. The number of fused-ring (bicyclic) bond motifs is 1. The first-order valence-electron chi connectivity index (χ1n) is 9.85. The highest BCUT2D eigenvalue weighted by molar-refractivity contribution is 8.00. The summed E-state index contributed by atoms with van der Waals surface area (Å²) in [5.74, 6) is -0.963. The molecule has 1 fully saturated rings. The number of benzene rings is 2. The summed E-state index contributed by atoms with van der Waals surface area (Å²) in [5.41, 5.74) is 7.90. The van der Waals surface area contributed by atoms with Crippen molar-refractivity contribution in [1.82, 2.24) is 20.9 Å². The van der Waals surface area contributed by atoms with E-state index in [0.29, 0.717) is 10.7 Å². The SMILES string of the molecule is Cc1ccc2nc(NC(=O)CSC3NC(=O)C(NC(=O)c4ccccc4)C(N)N3)sc2c1. The molecule has 6 N–H and O–H groups in total. The highest BCUT2D eigenvalue weighted by atomic mass is 32.2. The molecule has 1 aliphatic rings. The number of amides is 3. The van der Waals surface area contributed by atoms with Crippen LogP contribution in [0.5, 0.6) is 0 Å². The van der Waals surface area contributed by atoms with Crippen LogP contribution in [-0.2, 0) is 9.59 Å². The normalized spacial score (nSPS) is 20.6. The Morgan fingerprint density at radius 3 is 2.75 bits per heavy atom. The Morgan fingerprint density at radius 1 is 1.22 bits per heavy atom. The van der Waals surface area contributed by atoms with Gasteiger partial charge in [0.15, 0.2) is 5.13 Å². The zero-order chi connectivity index (χ0) is 22.7. The molecular weight excluding hydrogens is 448 g/mol. The van der Waals surface area contributed by atoms with Crippen molar-refractivity contribution in [3.05, 3.63) is 59.7 Å². The molecule has 2 aromatic carbocycles. The Kier molecular flexibility index (Phi) is 6.70. The van der Waals surface area contributed by atoms with Gasteiger partial charge < -0.3 is 21.7 Å². The van der Waals surface area contributed by atoms with Crippen LogP contribution in [0.1, 0.15) is 15.9 Å². The number of aryl methyl sites for hydroxylation is 1. The van der Waals surface area contributed by atoms with Gasteiger partial charge in [-0.25, -0.2) is 4.98 Å². The fourth-order valence-electron chi connectivity index (χ4n) is 3.15. The van der Waals surface area contributed by atoms with Gasteiger partial charge in [-0.1, -0.05) is 35.6 Å². The molecule has 1 saturated heterocycles. The summed E-state index contributed by atoms with van der Waals surface area (Å²) < 4.78 is 1.00. The summed E-state index contributed by atoms with van der Waals surface area (Å²) >= 11 is 2.60. The van der Waals surface area contributed by atoms with Crippen LogP contribution in [0.3, 0.4) is 0 Å². The number of carbonyl (C=O) groups is 3. The van der Waals surface area contributed by atoms with Gasteiger partial charge in [0.2, 0.25) is 11.8 Å². The zero-order valence-corrected chi connectivity index (χ0v) is 18.8. The smallest absolute Gasteiger partial charge is 0.252 e. The fraction of sp³-hybridized carbons (Fsp3) is 0.238. The van der Waals surface area contributed by atoms with E-state index >= 15 is 0 Å². The maximum Gasteiger partial charge on any atom is 0.252 e. The summed E-state index contributed by atoms with van der Waals surface area (Å²) in [5, 5.41) is 11.7. The Bertz CT molecular complexity index is 1150. The van der Waals surface area contributed by atoms with E-state index in [-0.39, 0.29) is 17.6 Å². The Balaban J connectivity index is 1.27. The van der Waals surface area contributed by atoms with Crippen LogP contribution < -0.4 is 27.0 Å². The zero-order valence-electron chi connectivity index (χ0n) is 17.1. The van der Waals surface area contributed by atoms with Crippen LogP contribution >= 0.6 is 23.1 Å². The molecule has 0 radical (unpaired) electrons. The number of nitrogens with two attached hydrogens (primary N) is 1. The third-order valence-electron chi connectivity index (χ3n) is 4.75. The van der Waals surface area contributed by atoms with Gasteiger partial charge in [0, 0.05) is 5.56 Å². The molecule has 3 unspecified atom stereocenters. The summed E-state index contributed by atoms with van der Waals surface area (Å²) in [6.45, 7) is 2.00. The van der Waals surface area contributed by atoms with Gasteiger partial charge in [-0.3, -0.25) is 19.7 Å². The molecule has 2 heterocycles. The number of thioether (sulfide) groups is 1. The summed E-state index contributed by atoms with van der Waals surface area (Å²) in [7, 11) is 0. The van der Waals surface area contributed by atoms with Crippen molar-refractivity contribution in [1.29, 1.82) is 0 Å². The lowest BCUT2D eigenvalue weighted by Crippen LogP contribution is -2.70. The number of hydrogen-bond acceptors (Lipinski definition) is 8. The van der Waals surface area contributed by atoms with Crippen LogP contribution in [0.2, 0.25) is 0 Å². The molecule has 0 saturated carbocycles. The number of hydrogen-bond donors (Lipinski definition) is 5. The molecule has 3 atom stereocenters. The van der Waals surface area contributed by atoms with Crippen LogP contribution in [-0.4, -0.2) is 46.2 Å². The lowest BCUT2D eigenvalue weighted by Gasteiger charge is -2.35. The Hall–Kier alpha value is -2.99. The molecule has 1 aromatic heterocycles. The Labute approximate surface area is 192 Å². The molecule has 32 heavy (non-hydrogen) atoms. The third-order valence-corrected chi connectivity index (χ3v) is 6.70. The van der Waals surface area contributed by atoms with Gasteiger partial charge >= 0.3 is 0 Å². The standard InChI is InChI=1S/C21H22N6O3S2/c1-11-7-8-13-14(9-11)32-21(23-13)24-15(28)10-31-20-26-17(22)16(19(30)27-20)25-18(29)12-5-3-2-4-6-12/h2-9,16-17,20,26H,10,22H2,1H3,(H,25,29)(H,27,30)(H,23,24,28). The van der Waals surface area contributed by atoms with Crippen molar-refractivity contribution < 1.29 is 14.4 Å². The van der Waals surface area contributed by atoms with Gasteiger partial charge in [0.1, 0.15) is 11.5 Å². The van der Waals surface area contributed by atoms with E-state index in [1.807, 2.05) is 25.1 Å². The van der Waals surface area contributed by atoms with E-state index in [1.165, 1.54) is 23.1 Å². The largest absolute Gasteiger partial charge is 0.338 e. The molecule has 166 valence electrons. The van der Waals surface area contributed by atoms with Crippen molar-refractivity contribution in [3.63, 3.8) is 0 Å². The first kappa shape index (κ1) is 22.2. The van der Waals surface area contributed by atoms with Crippen LogP contribution in [0.4, 0.5) is 5.13 Å². The predicted molar refractivity (Wildman–Crippen MR) is 126 cm³/mol. The van der Waals surface area contributed by atoms with Crippen LogP contribution in [0.25, 0.3) is 10.2 Å². The topological polar surface area (TPSA) is 138 Å². The van der Waals surface area contributed by atoms with E-state index in [0.717, 1.165) is 15.8 Å². The number of carbonyl (C=O) groups excluding carboxylic acids is 3. The number of aromatic nitrogens is 1. The Morgan fingerprint density at radius 2 is 2.00 bits per heavy atom. The monoisotopic (exact) mass is 470 g/mol. The first-order valence-corrected chi connectivity index (χ1v) is 11.7. The molecule has 3 aromatic rings. The van der Waals surface area contributed by atoms with E-state index in [9.17, 15) is 14.4 Å². The number of nitrogens with one attached hydrogen (secondary N) is 4. The second-order valence-electron chi connectivity index (χ2n) is 7.25. The second-order valence-corrected chi connectivity index (χ2v) is 9.37. The van der Waals surface area contributed by atoms with Crippen LogP contribution in [0.15, 0.2) is 48.5 Å². The minimum absolute atomic E-state index is 0.0840.